The Morgan fingerprint density at radius 2 is 1.84 bits per heavy atom. The summed E-state index contributed by atoms with van der Waals surface area (Å²) in [6, 6.07) is 12.7. The normalized spacial score (nSPS) is 11.7. The maximum absolute atomic E-state index is 11.2. The highest BCUT2D eigenvalue weighted by Gasteiger charge is 2.12. The van der Waals surface area contributed by atoms with Gasteiger partial charge in [0, 0.05) is 0 Å². The molecule has 0 fully saturated rings. The molecule has 1 aromatic carbocycles. The molecule has 0 saturated carbocycles. The predicted octanol–water partition coefficient (Wildman–Crippen LogP) is 2.40. The molecule has 1 aromatic heterocycles. The standard InChI is InChI=1S/C14H14N2O3/c1-10(19-11-6-4-3-5-7-11)12-8-9-13(16-15-12)14(17)18-2/h3-10H,1-2H3. The van der Waals surface area contributed by atoms with Crippen LogP contribution >= 0.6 is 0 Å². The second-order valence-electron chi connectivity index (χ2n) is 3.91. The fourth-order valence-electron chi connectivity index (χ4n) is 1.54. The Labute approximate surface area is 111 Å². The number of ether oxygens (including phenoxy) is 2. The van der Waals surface area contributed by atoms with Crippen LogP contribution in [0.5, 0.6) is 5.75 Å². The second kappa shape index (κ2) is 5.95. The van der Waals surface area contributed by atoms with Crippen LogP contribution in [0.3, 0.4) is 0 Å². The Kier molecular flexibility index (Phi) is 4.07. The summed E-state index contributed by atoms with van der Waals surface area (Å²) >= 11 is 0. The van der Waals surface area contributed by atoms with E-state index in [9.17, 15) is 4.79 Å². The van der Waals surface area contributed by atoms with E-state index in [0.717, 1.165) is 5.75 Å². The lowest BCUT2D eigenvalue weighted by atomic mass is 10.2. The number of hydrogen-bond donors (Lipinski definition) is 0. The van der Waals surface area contributed by atoms with Gasteiger partial charge in [0.2, 0.25) is 0 Å². The number of benzene rings is 1. The quantitative estimate of drug-likeness (QED) is 0.788. The van der Waals surface area contributed by atoms with Crippen molar-refractivity contribution >= 4 is 5.97 Å². The van der Waals surface area contributed by atoms with Crippen LogP contribution in [0.1, 0.15) is 29.2 Å². The van der Waals surface area contributed by atoms with Crippen molar-refractivity contribution in [3.05, 3.63) is 53.9 Å². The zero-order chi connectivity index (χ0) is 13.7. The van der Waals surface area contributed by atoms with E-state index in [-0.39, 0.29) is 11.8 Å². The average Bonchev–Trinajstić information content (AvgIpc) is 2.47. The zero-order valence-electron chi connectivity index (χ0n) is 10.7. The summed E-state index contributed by atoms with van der Waals surface area (Å²) in [5, 5.41) is 7.78. The van der Waals surface area contributed by atoms with E-state index in [1.54, 1.807) is 12.1 Å². The molecular weight excluding hydrogens is 244 g/mol. The van der Waals surface area contributed by atoms with Crippen LogP contribution in [0.25, 0.3) is 0 Å². The fourth-order valence-corrected chi connectivity index (χ4v) is 1.54. The molecule has 1 atom stereocenters. The number of hydrogen-bond acceptors (Lipinski definition) is 5. The number of carbonyl (C=O) groups is 1. The monoisotopic (exact) mass is 258 g/mol. The molecule has 0 spiro atoms. The molecule has 0 radical (unpaired) electrons. The molecule has 19 heavy (non-hydrogen) atoms. The van der Waals surface area contributed by atoms with Gasteiger partial charge in [-0.15, -0.1) is 5.10 Å². The van der Waals surface area contributed by atoms with Crippen LogP contribution in [0.15, 0.2) is 42.5 Å². The third kappa shape index (κ3) is 3.28. The first-order chi connectivity index (χ1) is 9.20. The van der Waals surface area contributed by atoms with Gasteiger partial charge < -0.3 is 9.47 Å². The topological polar surface area (TPSA) is 61.3 Å². The van der Waals surface area contributed by atoms with Crippen LogP contribution in [0.4, 0.5) is 0 Å². The number of methoxy groups -OCH3 is 1. The van der Waals surface area contributed by atoms with Crippen molar-refractivity contribution in [1.29, 1.82) is 0 Å². The molecule has 2 rings (SSSR count). The smallest absolute Gasteiger partial charge is 0.358 e. The van der Waals surface area contributed by atoms with Crippen LogP contribution in [0, 0.1) is 0 Å². The Morgan fingerprint density at radius 1 is 1.11 bits per heavy atom. The average molecular weight is 258 g/mol. The highest BCUT2D eigenvalue weighted by molar-refractivity contribution is 5.86. The lowest BCUT2D eigenvalue weighted by Gasteiger charge is -2.13. The van der Waals surface area contributed by atoms with Crippen molar-refractivity contribution < 1.29 is 14.3 Å². The van der Waals surface area contributed by atoms with Crippen LogP contribution < -0.4 is 4.74 Å². The minimum absolute atomic E-state index is 0.179. The lowest BCUT2D eigenvalue weighted by Crippen LogP contribution is -2.10. The van der Waals surface area contributed by atoms with Gasteiger partial charge in [0.25, 0.3) is 0 Å². The maximum Gasteiger partial charge on any atom is 0.358 e. The van der Waals surface area contributed by atoms with Gasteiger partial charge in [0.1, 0.15) is 17.5 Å². The molecule has 0 aliphatic rings. The molecule has 0 bridgehead atoms. The number of rotatable bonds is 4. The number of nitrogens with zero attached hydrogens (tertiary/aromatic N) is 2. The van der Waals surface area contributed by atoms with Gasteiger partial charge in [-0.2, -0.15) is 5.10 Å². The van der Waals surface area contributed by atoms with E-state index in [4.69, 9.17) is 4.74 Å². The predicted molar refractivity (Wildman–Crippen MR) is 68.9 cm³/mol. The SMILES string of the molecule is COC(=O)c1ccc(C(C)Oc2ccccc2)nn1. The molecule has 98 valence electrons. The third-order valence-corrected chi connectivity index (χ3v) is 2.55. The molecule has 5 nitrogen and oxygen atoms in total. The number of carbonyl (C=O) groups excluding carboxylic acids is 1. The minimum Gasteiger partial charge on any atom is -0.484 e. The molecule has 0 amide bonds. The molecule has 0 saturated heterocycles. The second-order valence-corrected chi connectivity index (χ2v) is 3.91. The Morgan fingerprint density at radius 3 is 2.42 bits per heavy atom. The van der Waals surface area contributed by atoms with E-state index >= 15 is 0 Å². The summed E-state index contributed by atoms with van der Waals surface area (Å²) in [6.45, 7) is 1.87. The molecule has 0 aliphatic carbocycles. The first kappa shape index (κ1) is 13.0. The molecule has 1 unspecified atom stereocenters. The lowest BCUT2D eigenvalue weighted by molar-refractivity contribution is 0.0592. The summed E-state index contributed by atoms with van der Waals surface area (Å²) < 4.78 is 10.3. The van der Waals surface area contributed by atoms with Crippen molar-refractivity contribution in [2.24, 2.45) is 0 Å². The van der Waals surface area contributed by atoms with E-state index in [0.29, 0.717) is 5.69 Å². The van der Waals surface area contributed by atoms with Gasteiger partial charge in [-0.1, -0.05) is 18.2 Å². The highest BCUT2D eigenvalue weighted by Crippen LogP contribution is 2.19. The van der Waals surface area contributed by atoms with Gasteiger partial charge in [-0.3, -0.25) is 0 Å². The zero-order valence-corrected chi connectivity index (χ0v) is 10.7. The van der Waals surface area contributed by atoms with Gasteiger partial charge in [0.15, 0.2) is 5.69 Å². The Balaban J connectivity index is 2.07. The Hall–Kier alpha value is -2.43. The van der Waals surface area contributed by atoms with Crippen molar-refractivity contribution in [3.8, 4) is 5.75 Å². The Bertz CT molecular complexity index is 540. The van der Waals surface area contributed by atoms with Crippen molar-refractivity contribution in [3.63, 3.8) is 0 Å². The largest absolute Gasteiger partial charge is 0.484 e. The van der Waals surface area contributed by atoms with Gasteiger partial charge in [-0.05, 0) is 31.2 Å². The van der Waals surface area contributed by atoms with Crippen molar-refractivity contribution in [2.45, 2.75) is 13.0 Å². The number of aromatic nitrogens is 2. The molecule has 0 N–H and O–H groups in total. The number of para-hydroxylation sites is 1. The summed E-state index contributed by atoms with van der Waals surface area (Å²) in [6.07, 6.45) is -0.249. The summed E-state index contributed by atoms with van der Waals surface area (Å²) in [5.41, 5.74) is 0.828. The molecule has 2 aromatic rings. The summed E-state index contributed by atoms with van der Waals surface area (Å²) in [4.78, 5) is 11.2. The fraction of sp³-hybridized carbons (Fsp3) is 0.214. The van der Waals surface area contributed by atoms with E-state index in [1.807, 2.05) is 37.3 Å². The van der Waals surface area contributed by atoms with Crippen molar-refractivity contribution in [1.82, 2.24) is 10.2 Å². The van der Waals surface area contributed by atoms with Gasteiger partial charge >= 0.3 is 5.97 Å². The van der Waals surface area contributed by atoms with Gasteiger partial charge in [0.05, 0.1) is 7.11 Å². The van der Waals surface area contributed by atoms with E-state index in [1.165, 1.54) is 7.11 Å². The molecular formula is C14H14N2O3. The first-order valence-electron chi connectivity index (χ1n) is 5.84. The van der Waals surface area contributed by atoms with Gasteiger partial charge in [-0.25, -0.2) is 4.79 Å². The summed E-state index contributed by atoms with van der Waals surface area (Å²) in [5.74, 6) is 0.254. The van der Waals surface area contributed by atoms with Crippen LogP contribution in [-0.4, -0.2) is 23.3 Å². The molecule has 5 heteroatoms. The summed E-state index contributed by atoms with van der Waals surface area (Å²) in [7, 11) is 1.30. The number of esters is 1. The third-order valence-electron chi connectivity index (χ3n) is 2.55. The van der Waals surface area contributed by atoms with Crippen LogP contribution in [-0.2, 0) is 4.74 Å². The highest BCUT2D eigenvalue weighted by atomic mass is 16.5. The van der Waals surface area contributed by atoms with Crippen molar-refractivity contribution in [2.75, 3.05) is 7.11 Å². The minimum atomic E-state index is -0.504. The van der Waals surface area contributed by atoms with E-state index in [2.05, 4.69) is 14.9 Å². The molecule has 1 heterocycles. The van der Waals surface area contributed by atoms with E-state index < -0.39 is 5.97 Å². The first-order valence-corrected chi connectivity index (χ1v) is 5.84. The van der Waals surface area contributed by atoms with Crippen LogP contribution in [0.2, 0.25) is 0 Å². The maximum atomic E-state index is 11.2. The molecule has 0 aliphatic heterocycles.